The van der Waals surface area contributed by atoms with E-state index in [0.717, 1.165) is 18.1 Å². The maximum Gasteiger partial charge on any atom is 0.251 e. The zero-order valence-electron chi connectivity index (χ0n) is 12.3. The van der Waals surface area contributed by atoms with E-state index in [4.69, 9.17) is 11.6 Å². The standard InChI is InChI=1S/C17H19ClN2O/c1-19-17(21)15-8-6-13(7-9-15)11-20(2)12-14-4-3-5-16(18)10-14/h3-10H,11-12H2,1-2H3,(H,19,21). The fourth-order valence-electron chi connectivity index (χ4n) is 2.22. The lowest BCUT2D eigenvalue weighted by Gasteiger charge is -2.17. The largest absolute Gasteiger partial charge is 0.355 e. The topological polar surface area (TPSA) is 32.3 Å². The van der Waals surface area contributed by atoms with Crippen LogP contribution in [0.15, 0.2) is 48.5 Å². The Kier molecular flexibility index (Phi) is 5.37. The summed E-state index contributed by atoms with van der Waals surface area (Å²) in [5.41, 5.74) is 3.04. The molecule has 0 saturated carbocycles. The van der Waals surface area contributed by atoms with Gasteiger partial charge in [0.15, 0.2) is 0 Å². The van der Waals surface area contributed by atoms with Crippen LogP contribution < -0.4 is 5.32 Å². The summed E-state index contributed by atoms with van der Waals surface area (Å²) in [7, 11) is 3.70. The maximum absolute atomic E-state index is 11.5. The summed E-state index contributed by atoms with van der Waals surface area (Å²) >= 11 is 5.99. The van der Waals surface area contributed by atoms with Crippen LogP contribution in [-0.2, 0) is 13.1 Å². The summed E-state index contributed by atoms with van der Waals surface area (Å²) in [5, 5.41) is 3.38. The van der Waals surface area contributed by atoms with Crippen molar-refractivity contribution < 1.29 is 4.79 Å². The van der Waals surface area contributed by atoms with Crippen molar-refractivity contribution in [2.45, 2.75) is 13.1 Å². The Morgan fingerprint density at radius 1 is 1.10 bits per heavy atom. The highest BCUT2D eigenvalue weighted by Crippen LogP contribution is 2.14. The van der Waals surface area contributed by atoms with Crippen LogP contribution in [0.2, 0.25) is 5.02 Å². The van der Waals surface area contributed by atoms with Gasteiger partial charge in [-0.2, -0.15) is 0 Å². The van der Waals surface area contributed by atoms with Gasteiger partial charge in [-0.25, -0.2) is 0 Å². The van der Waals surface area contributed by atoms with Crippen molar-refractivity contribution in [3.8, 4) is 0 Å². The van der Waals surface area contributed by atoms with E-state index in [9.17, 15) is 4.79 Å². The van der Waals surface area contributed by atoms with Gasteiger partial charge in [0.1, 0.15) is 0 Å². The fraction of sp³-hybridized carbons (Fsp3) is 0.235. The molecule has 0 aromatic heterocycles. The van der Waals surface area contributed by atoms with E-state index < -0.39 is 0 Å². The van der Waals surface area contributed by atoms with Crippen molar-refractivity contribution >= 4 is 17.5 Å². The van der Waals surface area contributed by atoms with Crippen LogP contribution in [-0.4, -0.2) is 24.9 Å². The van der Waals surface area contributed by atoms with Gasteiger partial charge >= 0.3 is 0 Å². The van der Waals surface area contributed by atoms with Crippen molar-refractivity contribution in [3.63, 3.8) is 0 Å². The van der Waals surface area contributed by atoms with Gasteiger partial charge in [-0.3, -0.25) is 9.69 Å². The van der Waals surface area contributed by atoms with Crippen LogP contribution in [0.1, 0.15) is 21.5 Å². The van der Waals surface area contributed by atoms with Crippen molar-refractivity contribution in [2.75, 3.05) is 14.1 Å². The number of amides is 1. The Bertz CT molecular complexity index is 610. The average molecular weight is 303 g/mol. The number of hydrogen-bond acceptors (Lipinski definition) is 2. The number of carbonyl (C=O) groups excluding carboxylic acids is 1. The quantitative estimate of drug-likeness (QED) is 0.919. The molecule has 2 aromatic carbocycles. The minimum atomic E-state index is -0.0613. The molecule has 2 rings (SSSR count). The zero-order chi connectivity index (χ0) is 15.2. The highest BCUT2D eigenvalue weighted by atomic mass is 35.5. The lowest BCUT2D eigenvalue weighted by Crippen LogP contribution is -2.19. The van der Waals surface area contributed by atoms with E-state index in [-0.39, 0.29) is 5.91 Å². The van der Waals surface area contributed by atoms with Gasteiger partial charge in [-0.05, 0) is 42.4 Å². The number of carbonyl (C=O) groups is 1. The van der Waals surface area contributed by atoms with Crippen LogP contribution >= 0.6 is 11.6 Å². The van der Waals surface area contributed by atoms with Crippen LogP contribution in [0.25, 0.3) is 0 Å². The maximum atomic E-state index is 11.5. The number of nitrogens with one attached hydrogen (secondary N) is 1. The summed E-state index contributed by atoms with van der Waals surface area (Å²) in [6, 6.07) is 15.6. The van der Waals surface area contributed by atoms with Gasteiger partial charge < -0.3 is 5.32 Å². The molecule has 0 radical (unpaired) electrons. The monoisotopic (exact) mass is 302 g/mol. The van der Waals surface area contributed by atoms with Crippen LogP contribution in [0.4, 0.5) is 0 Å². The Morgan fingerprint density at radius 2 is 1.76 bits per heavy atom. The van der Waals surface area contributed by atoms with E-state index in [0.29, 0.717) is 5.56 Å². The molecular weight excluding hydrogens is 284 g/mol. The number of nitrogens with zero attached hydrogens (tertiary/aromatic N) is 1. The third kappa shape index (κ3) is 4.59. The van der Waals surface area contributed by atoms with Gasteiger partial charge in [0.2, 0.25) is 0 Å². The molecule has 0 unspecified atom stereocenters. The summed E-state index contributed by atoms with van der Waals surface area (Å²) in [6.45, 7) is 1.65. The van der Waals surface area contributed by atoms with Crippen molar-refractivity contribution in [2.24, 2.45) is 0 Å². The van der Waals surface area contributed by atoms with Crippen molar-refractivity contribution in [3.05, 3.63) is 70.2 Å². The molecule has 4 heteroatoms. The minimum absolute atomic E-state index is 0.0613. The molecule has 0 aliphatic carbocycles. The number of halogens is 1. The molecule has 110 valence electrons. The molecule has 2 aromatic rings. The van der Waals surface area contributed by atoms with Gasteiger partial charge in [0.25, 0.3) is 5.91 Å². The molecule has 0 aliphatic heterocycles. The molecule has 0 fully saturated rings. The number of benzene rings is 2. The second-order valence-corrected chi connectivity index (χ2v) is 5.51. The third-order valence-corrected chi connectivity index (χ3v) is 3.47. The molecule has 1 amide bonds. The van der Waals surface area contributed by atoms with E-state index in [1.54, 1.807) is 7.05 Å². The summed E-state index contributed by atoms with van der Waals surface area (Å²) < 4.78 is 0. The molecule has 3 nitrogen and oxygen atoms in total. The second-order valence-electron chi connectivity index (χ2n) is 5.08. The highest BCUT2D eigenvalue weighted by molar-refractivity contribution is 6.30. The molecule has 0 heterocycles. The predicted octanol–water partition coefficient (Wildman–Crippen LogP) is 3.33. The smallest absolute Gasteiger partial charge is 0.251 e. The lowest BCUT2D eigenvalue weighted by atomic mass is 10.1. The van der Waals surface area contributed by atoms with Crippen LogP contribution in [0.5, 0.6) is 0 Å². The summed E-state index contributed by atoms with van der Waals surface area (Å²) in [5.74, 6) is -0.0613. The summed E-state index contributed by atoms with van der Waals surface area (Å²) in [6.07, 6.45) is 0. The second kappa shape index (κ2) is 7.25. The van der Waals surface area contributed by atoms with Gasteiger partial charge in [0.05, 0.1) is 0 Å². The highest BCUT2D eigenvalue weighted by Gasteiger charge is 2.05. The Morgan fingerprint density at radius 3 is 2.38 bits per heavy atom. The molecule has 21 heavy (non-hydrogen) atoms. The predicted molar refractivity (Wildman–Crippen MR) is 86.5 cm³/mol. The normalized spacial score (nSPS) is 10.7. The lowest BCUT2D eigenvalue weighted by molar-refractivity contribution is 0.0963. The Balaban J connectivity index is 1.96. The van der Waals surface area contributed by atoms with Gasteiger partial charge in [0, 0.05) is 30.7 Å². The Hall–Kier alpha value is -1.84. The third-order valence-electron chi connectivity index (χ3n) is 3.24. The molecule has 1 N–H and O–H groups in total. The first-order chi connectivity index (χ1) is 10.1. The molecule has 0 atom stereocenters. The van der Waals surface area contributed by atoms with E-state index in [2.05, 4.69) is 23.3 Å². The zero-order valence-corrected chi connectivity index (χ0v) is 13.0. The molecule has 0 spiro atoms. The molecular formula is C17H19ClN2O. The number of rotatable bonds is 5. The number of hydrogen-bond donors (Lipinski definition) is 1. The average Bonchev–Trinajstić information content (AvgIpc) is 2.47. The van der Waals surface area contributed by atoms with Crippen molar-refractivity contribution in [1.29, 1.82) is 0 Å². The molecule has 0 aliphatic rings. The van der Waals surface area contributed by atoms with Crippen LogP contribution in [0.3, 0.4) is 0 Å². The van der Waals surface area contributed by atoms with E-state index in [1.807, 2.05) is 42.5 Å². The van der Waals surface area contributed by atoms with E-state index in [1.165, 1.54) is 11.1 Å². The minimum Gasteiger partial charge on any atom is -0.355 e. The van der Waals surface area contributed by atoms with E-state index >= 15 is 0 Å². The molecule has 0 saturated heterocycles. The first-order valence-corrected chi connectivity index (χ1v) is 7.20. The van der Waals surface area contributed by atoms with Gasteiger partial charge in [-0.1, -0.05) is 35.9 Å². The SMILES string of the molecule is CNC(=O)c1ccc(CN(C)Cc2cccc(Cl)c2)cc1. The van der Waals surface area contributed by atoms with Crippen LogP contribution in [0, 0.1) is 0 Å². The van der Waals surface area contributed by atoms with Crippen molar-refractivity contribution in [1.82, 2.24) is 10.2 Å². The first kappa shape index (κ1) is 15.5. The fourth-order valence-corrected chi connectivity index (χ4v) is 2.43. The summed E-state index contributed by atoms with van der Waals surface area (Å²) in [4.78, 5) is 13.7. The molecule has 0 bridgehead atoms. The van der Waals surface area contributed by atoms with Gasteiger partial charge in [-0.15, -0.1) is 0 Å². The Labute approximate surface area is 130 Å². The first-order valence-electron chi connectivity index (χ1n) is 6.82.